The van der Waals surface area contributed by atoms with Crippen LogP contribution in [0.3, 0.4) is 0 Å². The first-order chi connectivity index (χ1) is 5.68. The molecule has 0 saturated heterocycles. The minimum Gasteiger partial charge on any atom is -0.294 e. The summed E-state index contributed by atoms with van der Waals surface area (Å²) >= 11 is 3.16. The quantitative estimate of drug-likeness (QED) is 0.629. The molecule has 0 aromatic carbocycles. The number of fused-ring (bicyclic) bond motifs is 2. The summed E-state index contributed by atoms with van der Waals surface area (Å²) in [5.74, 6) is 0.0462. The van der Waals surface area contributed by atoms with E-state index >= 15 is 0 Å². The van der Waals surface area contributed by atoms with Crippen LogP contribution in [0, 0.1) is 11.8 Å². The maximum atomic E-state index is 11.4. The number of hydrogen-bond donors (Lipinski definition) is 0. The number of Topliss-reactive ketones (excluding diaryl/α,β-unsaturated/α-hetero) is 1. The highest BCUT2D eigenvalue weighted by Crippen LogP contribution is 2.32. The van der Waals surface area contributed by atoms with Crippen LogP contribution in [0.15, 0.2) is 22.7 Å². The van der Waals surface area contributed by atoms with E-state index in [1.165, 1.54) is 6.08 Å². The van der Waals surface area contributed by atoms with Crippen molar-refractivity contribution in [3.05, 3.63) is 22.7 Å². The molecule has 0 fully saturated rings. The lowest BCUT2D eigenvalue weighted by atomic mass is 9.79. The van der Waals surface area contributed by atoms with E-state index in [1.807, 2.05) is 0 Å². The lowest BCUT2D eigenvalue weighted by Crippen LogP contribution is -2.28. The number of allylic oxidation sites excluding steroid dienone is 4. The summed E-state index contributed by atoms with van der Waals surface area (Å²) in [6.45, 7) is 0. The molecule has 12 heavy (non-hydrogen) atoms. The highest BCUT2D eigenvalue weighted by atomic mass is 79.9. The summed E-state index contributed by atoms with van der Waals surface area (Å²) in [5, 5.41) is 0. The van der Waals surface area contributed by atoms with Gasteiger partial charge in [0.05, 0.1) is 4.48 Å². The number of halogens is 1. The standard InChI is InChI=1S/C9H7BrO2/c10-7-4-6-3-5(9(7)12)1-2-8(6)11/h1-2,4-6H,3H2. The molecule has 0 aromatic heterocycles. The van der Waals surface area contributed by atoms with Crippen molar-refractivity contribution in [3.8, 4) is 0 Å². The van der Waals surface area contributed by atoms with Crippen molar-refractivity contribution < 1.29 is 9.59 Å². The molecule has 0 spiro atoms. The van der Waals surface area contributed by atoms with Crippen LogP contribution in [0.2, 0.25) is 0 Å². The summed E-state index contributed by atoms with van der Waals surface area (Å²) in [6.07, 6.45) is 5.59. The summed E-state index contributed by atoms with van der Waals surface area (Å²) in [7, 11) is 0. The molecule has 0 heterocycles. The second kappa shape index (κ2) is 2.66. The fourth-order valence-electron chi connectivity index (χ4n) is 1.58. The molecule has 0 N–H and O–H groups in total. The maximum absolute atomic E-state index is 11.4. The molecule has 0 amide bonds. The van der Waals surface area contributed by atoms with Crippen molar-refractivity contribution in [2.24, 2.45) is 11.8 Å². The molecule has 2 atom stereocenters. The van der Waals surface area contributed by atoms with Crippen molar-refractivity contribution in [2.45, 2.75) is 6.42 Å². The Balaban J connectivity index is 2.42. The molecule has 0 aliphatic heterocycles. The monoisotopic (exact) mass is 226 g/mol. The number of rotatable bonds is 0. The Hall–Kier alpha value is -0.700. The number of ketones is 2. The van der Waals surface area contributed by atoms with Crippen molar-refractivity contribution in [1.82, 2.24) is 0 Å². The lowest BCUT2D eigenvalue weighted by Gasteiger charge is -2.25. The van der Waals surface area contributed by atoms with Crippen LogP contribution < -0.4 is 0 Å². The highest BCUT2D eigenvalue weighted by Gasteiger charge is 2.33. The lowest BCUT2D eigenvalue weighted by molar-refractivity contribution is -0.121. The number of hydrogen-bond acceptors (Lipinski definition) is 2. The van der Waals surface area contributed by atoms with E-state index in [0.717, 1.165) is 0 Å². The second-order valence-electron chi connectivity index (χ2n) is 3.09. The average molecular weight is 227 g/mol. The van der Waals surface area contributed by atoms with Gasteiger partial charge >= 0.3 is 0 Å². The predicted octanol–water partition coefficient (Wildman–Crippen LogP) is 1.61. The Morgan fingerprint density at radius 1 is 1.33 bits per heavy atom. The van der Waals surface area contributed by atoms with E-state index in [4.69, 9.17) is 0 Å². The van der Waals surface area contributed by atoms with Gasteiger partial charge < -0.3 is 0 Å². The van der Waals surface area contributed by atoms with Crippen molar-refractivity contribution in [1.29, 1.82) is 0 Å². The summed E-state index contributed by atoms with van der Waals surface area (Å²) in [5.41, 5.74) is 0. The van der Waals surface area contributed by atoms with E-state index in [2.05, 4.69) is 15.9 Å². The van der Waals surface area contributed by atoms with Gasteiger partial charge in [-0.1, -0.05) is 12.2 Å². The van der Waals surface area contributed by atoms with E-state index in [-0.39, 0.29) is 23.4 Å². The van der Waals surface area contributed by atoms with Crippen LogP contribution in [-0.4, -0.2) is 11.6 Å². The van der Waals surface area contributed by atoms with Gasteiger partial charge in [0.25, 0.3) is 0 Å². The zero-order chi connectivity index (χ0) is 8.72. The predicted molar refractivity (Wildman–Crippen MR) is 47.8 cm³/mol. The third-order valence-corrected chi connectivity index (χ3v) is 2.94. The summed E-state index contributed by atoms with van der Waals surface area (Å²) in [4.78, 5) is 22.6. The Bertz CT molecular complexity index is 314. The molecular weight excluding hydrogens is 220 g/mol. The van der Waals surface area contributed by atoms with Gasteiger partial charge in [-0.25, -0.2) is 0 Å². The van der Waals surface area contributed by atoms with Crippen molar-refractivity contribution in [2.75, 3.05) is 0 Å². The molecule has 0 radical (unpaired) electrons. The highest BCUT2D eigenvalue weighted by molar-refractivity contribution is 9.12. The second-order valence-corrected chi connectivity index (χ2v) is 3.94. The van der Waals surface area contributed by atoms with Crippen LogP contribution in [0.25, 0.3) is 0 Å². The van der Waals surface area contributed by atoms with Gasteiger partial charge in [0.1, 0.15) is 0 Å². The van der Waals surface area contributed by atoms with Crippen LogP contribution in [-0.2, 0) is 9.59 Å². The van der Waals surface area contributed by atoms with Crippen molar-refractivity contribution >= 4 is 27.5 Å². The molecular formula is C9H7BrO2. The average Bonchev–Trinajstić information content (AvgIpc) is 2.06. The topological polar surface area (TPSA) is 34.1 Å². The van der Waals surface area contributed by atoms with Gasteiger partial charge in [-0.3, -0.25) is 9.59 Å². The van der Waals surface area contributed by atoms with Gasteiger partial charge in [-0.15, -0.1) is 0 Å². The molecule has 2 rings (SSSR count). The molecule has 3 heteroatoms. The fourth-order valence-corrected chi connectivity index (χ4v) is 2.20. The summed E-state index contributed by atoms with van der Waals surface area (Å²) in [6, 6.07) is 0. The van der Waals surface area contributed by atoms with E-state index < -0.39 is 0 Å². The van der Waals surface area contributed by atoms with Gasteiger partial charge in [0, 0.05) is 11.8 Å². The van der Waals surface area contributed by atoms with Crippen LogP contribution >= 0.6 is 15.9 Å². The first kappa shape index (κ1) is 7.92. The van der Waals surface area contributed by atoms with Gasteiger partial charge in [-0.2, -0.15) is 0 Å². The van der Waals surface area contributed by atoms with E-state index in [9.17, 15) is 9.59 Å². The molecule has 0 saturated carbocycles. The third-order valence-electron chi connectivity index (χ3n) is 2.29. The van der Waals surface area contributed by atoms with Crippen LogP contribution in [0.5, 0.6) is 0 Å². The third kappa shape index (κ3) is 1.08. The molecule has 2 aliphatic carbocycles. The van der Waals surface area contributed by atoms with Gasteiger partial charge in [-0.05, 0) is 28.4 Å². The van der Waals surface area contributed by atoms with E-state index in [0.29, 0.717) is 10.9 Å². The molecule has 2 aliphatic rings. The molecule has 2 unspecified atom stereocenters. The Kier molecular flexibility index (Phi) is 1.76. The largest absolute Gasteiger partial charge is 0.294 e. The zero-order valence-corrected chi connectivity index (χ0v) is 7.87. The minimum atomic E-state index is -0.0768. The number of carbonyl (C=O) groups excluding carboxylic acids is 2. The Morgan fingerprint density at radius 3 is 2.83 bits per heavy atom. The van der Waals surface area contributed by atoms with E-state index in [1.54, 1.807) is 12.2 Å². The normalized spacial score (nSPS) is 33.6. The Morgan fingerprint density at radius 2 is 2.08 bits per heavy atom. The first-order valence-electron chi connectivity index (χ1n) is 3.82. The molecule has 2 bridgehead atoms. The number of carbonyl (C=O) groups is 2. The maximum Gasteiger partial charge on any atom is 0.176 e. The van der Waals surface area contributed by atoms with Gasteiger partial charge in [0.15, 0.2) is 11.6 Å². The smallest absolute Gasteiger partial charge is 0.176 e. The van der Waals surface area contributed by atoms with Crippen LogP contribution in [0.1, 0.15) is 6.42 Å². The fraction of sp³-hybridized carbons (Fsp3) is 0.333. The molecule has 0 aromatic rings. The van der Waals surface area contributed by atoms with Gasteiger partial charge in [0.2, 0.25) is 0 Å². The zero-order valence-electron chi connectivity index (χ0n) is 6.29. The summed E-state index contributed by atoms with van der Waals surface area (Å²) < 4.78 is 0.557. The SMILES string of the molecule is O=C1C=CC2CC1C=C(Br)C2=O. The molecule has 2 nitrogen and oxygen atoms in total. The van der Waals surface area contributed by atoms with Crippen LogP contribution in [0.4, 0.5) is 0 Å². The van der Waals surface area contributed by atoms with Crippen molar-refractivity contribution in [3.63, 3.8) is 0 Å². The Labute approximate surface area is 78.5 Å². The molecule has 62 valence electrons. The minimum absolute atomic E-state index is 0.0768. The first-order valence-corrected chi connectivity index (χ1v) is 4.61.